The molecule has 1 aromatic carbocycles. The minimum absolute atomic E-state index is 0.141. The normalized spacial score (nSPS) is 11.1. The van der Waals surface area contributed by atoms with Crippen LogP contribution in [-0.4, -0.2) is 33.4 Å². The number of hydrogen-bond acceptors (Lipinski definition) is 4. The number of aromatic nitrogens is 3. The first kappa shape index (κ1) is 15.2. The van der Waals surface area contributed by atoms with Gasteiger partial charge in [-0.15, -0.1) is 10.2 Å². The summed E-state index contributed by atoms with van der Waals surface area (Å²) < 4.78 is 4.99. The molecule has 112 valence electrons. The smallest absolute Gasteiger partial charge is 0.335 e. The van der Waals surface area contributed by atoms with E-state index in [2.05, 4.69) is 15.2 Å². The highest BCUT2D eigenvalue weighted by Crippen LogP contribution is 2.28. The Labute approximate surface area is 123 Å². The molecule has 0 saturated carbocycles. The molecule has 1 heterocycles. The molecule has 6 nitrogen and oxygen atoms in total. The number of aromatic amines is 1. The maximum atomic E-state index is 11.5. The first-order valence-corrected chi connectivity index (χ1v) is 6.72. The average Bonchev–Trinajstić information content (AvgIpc) is 2.86. The van der Waals surface area contributed by atoms with Crippen LogP contribution in [0.2, 0.25) is 0 Å². The van der Waals surface area contributed by atoms with Gasteiger partial charge in [0.05, 0.1) is 5.56 Å². The zero-order valence-corrected chi connectivity index (χ0v) is 12.6. The van der Waals surface area contributed by atoms with E-state index in [1.165, 1.54) is 0 Å². The lowest BCUT2D eigenvalue weighted by molar-refractivity contribution is 0.0695. The molecule has 0 bridgehead atoms. The summed E-state index contributed by atoms with van der Waals surface area (Å²) in [6.45, 7) is 6.23. The fraction of sp³-hybridized carbons (Fsp3) is 0.400. The molecule has 2 N–H and O–H groups in total. The number of nitrogens with one attached hydrogen (secondary N) is 1. The molecule has 0 aliphatic carbocycles. The minimum Gasteiger partial charge on any atom is -0.478 e. The fourth-order valence-corrected chi connectivity index (χ4v) is 2.27. The second-order valence-corrected chi connectivity index (χ2v) is 5.27. The summed E-state index contributed by atoms with van der Waals surface area (Å²) in [5.41, 5.74) is 2.83. The lowest BCUT2D eigenvalue weighted by Crippen LogP contribution is -2.06. The number of carboxylic acid groups (broad SMARTS) is 1. The van der Waals surface area contributed by atoms with Crippen LogP contribution in [0.25, 0.3) is 11.4 Å². The third-order valence-corrected chi connectivity index (χ3v) is 3.32. The van der Waals surface area contributed by atoms with E-state index in [9.17, 15) is 9.90 Å². The number of benzene rings is 1. The average molecular weight is 289 g/mol. The van der Waals surface area contributed by atoms with E-state index < -0.39 is 5.97 Å². The summed E-state index contributed by atoms with van der Waals surface area (Å²) in [5, 5.41) is 17.4. The molecule has 1 aromatic heterocycles. The highest BCUT2D eigenvalue weighted by Gasteiger charge is 2.18. The van der Waals surface area contributed by atoms with Crippen molar-refractivity contribution in [1.82, 2.24) is 15.2 Å². The van der Waals surface area contributed by atoms with Crippen LogP contribution >= 0.6 is 0 Å². The number of H-pyrrole nitrogens is 1. The van der Waals surface area contributed by atoms with Crippen molar-refractivity contribution in [3.05, 3.63) is 34.6 Å². The van der Waals surface area contributed by atoms with Gasteiger partial charge < -0.3 is 14.8 Å². The van der Waals surface area contributed by atoms with Gasteiger partial charge in [-0.05, 0) is 30.0 Å². The van der Waals surface area contributed by atoms with Crippen molar-refractivity contribution < 1.29 is 14.6 Å². The molecule has 0 radical (unpaired) electrons. The summed E-state index contributed by atoms with van der Waals surface area (Å²) in [4.78, 5) is 14.5. The molecule has 21 heavy (non-hydrogen) atoms. The van der Waals surface area contributed by atoms with Crippen LogP contribution in [-0.2, 0) is 11.3 Å². The van der Waals surface area contributed by atoms with Crippen LogP contribution in [0.15, 0.2) is 12.1 Å². The summed E-state index contributed by atoms with van der Waals surface area (Å²) in [6, 6.07) is 3.56. The van der Waals surface area contributed by atoms with Gasteiger partial charge in [0.1, 0.15) is 6.61 Å². The van der Waals surface area contributed by atoms with Gasteiger partial charge in [-0.2, -0.15) is 0 Å². The van der Waals surface area contributed by atoms with E-state index in [0.717, 1.165) is 16.7 Å². The Morgan fingerprint density at radius 2 is 2.10 bits per heavy atom. The van der Waals surface area contributed by atoms with Crippen molar-refractivity contribution in [2.24, 2.45) is 0 Å². The molecule has 6 heteroatoms. The van der Waals surface area contributed by atoms with Crippen molar-refractivity contribution in [3.8, 4) is 11.4 Å². The molecular formula is C15H19N3O3. The standard InChI is InChI=1S/C15H19N3O3/c1-8(2)10-5-9(3)11(6-12(10)15(19)20)14-16-13(7-21-4)17-18-14/h5-6,8H,7H2,1-4H3,(H,19,20)(H,16,17,18). The lowest BCUT2D eigenvalue weighted by Gasteiger charge is -2.13. The number of methoxy groups -OCH3 is 1. The number of aryl methyl sites for hydroxylation is 1. The van der Waals surface area contributed by atoms with Crippen molar-refractivity contribution >= 4 is 5.97 Å². The van der Waals surface area contributed by atoms with Gasteiger partial charge in [0.2, 0.25) is 0 Å². The van der Waals surface area contributed by atoms with Crippen LogP contribution in [0.1, 0.15) is 47.1 Å². The zero-order chi connectivity index (χ0) is 15.6. The molecule has 0 atom stereocenters. The number of hydrogen-bond donors (Lipinski definition) is 2. The van der Waals surface area contributed by atoms with Crippen LogP contribution < -0.4 is 0 Å². The second-order valence-electron chi connectivity index (χ2n) is 5.27. The third kappa shape index (κ3) is 3.11. The Hall–Kier alpha value is -2.21. The van der Waals surface area contributed by atoms with E-state index in [4.69, 9.17) is 4.74 Å². The van der Waals surface area contributed by atoms with Crippen molar-refractivity contribution in [2.45, 2.75) is 33.3 Å². The molecule has 0 aliphatic heterocycles. The van der Waals surface area contributed by atoms with Crippen LogP contribution in [0.4, 0.5) is 0 Å². The largest absolute Gasteiger partial charge is 0.478 e. The predicted molar refractivity (Wildman–Crippen MR) is 78.3 cm³/mol. The van der Waals surface area contributed by atoms with Gasteiger partial charge in [0, 0.05) is 12.7 Å². The van der Waals surface area contributed by atoms with Gasteiger partial charge in [-0.3, -0.25) is 0 Å². The number of rotatable bonds is 5. The molecule has 2 aromatic rings. The van der Waals surface area contributed by atoms with Gasteiger partial charge >= 0.3 is 5.97 Å². The summed E-state index contributed by atoms with van der Waals surface area (Å²) in [6.07, 6.45) is 0. The van der Waals surface area contributed by atoms with E-state index >= 15 is 0 Å². The Balaban J connectivity index is 2.53. The number of carbonyl (C=O) groups is 1. The topological polar surface area (TPSA) is 88.1 Å². The molecule has 0 spiro atoms. The van der Waals surface area contributed by atoms with Crippen LogP contribution in [0.5, 0.6) is 0 Å². The Morgan fingerprint density at radius 1 is 1.38 bits per heavy atom. The Kier molecular flexibility index (Phi) is 4.37. The zero-order valence-electron chi connectivity index (χ0n) is 12.6. The van der Waals surface area contributed by atoms with E-state index in [0.29, 0.717) is 23.8 Å². The van der Waals surface area contributed by atoms with Gasteiger partial charge in [0.15, 0.2) is 11.6 Å². The van der Waals surface area contributed by atoms with Crippen molar-refractivity contribution in [2.75, 3.05) is 7.11 Å². The maximum Gasteiger partial charge on any atom is 0.335 e. The first-order chi connectivity index (χ1) is 9.93. The molecule has 0 fully saturated rings. The maximum absolute atomic E-state index is 11.5. The van der Waals surface area contributed by atoms with Crippen LogP contribution in [0, 0.1) is 6.92 Å². The molecule has 0 unspecified atom stereocenters. The van der Waals surface area contributed by atoms with Gasteiger partial charge in [0.25, 0.3) is 0 Å². The molecule has 0 amide bonds. The summed E-state index contributed by atoms with van der Waals surface area (Å²) >= 11 is 0. The molecule has 0 aliphatic rings. The van der Waals surface area contributed by atoms with Gasteiger partial charge in [-0.25, -0.2) is 4.79 Å². The highest BCUT2D eigenvalue weighted by molar-refractivity contribution is 5.91. The highest BCUT2D eigenvalue weighted by atomic mass is 16.5. The van der Waals surface area contributed by atoms with Crippen LogP contribution in [0.3, 0.4) is 0 Å². The number of carboxylic acids is 1. The summed E-state index contributed by atoms with van der Waals surface area (Å²) in [7, 11) is 1.58. The fourth-order valence-electron chi connectivity index (χ4n) is 2.27. The Bertz CT molecular complexity index is 662. The minimum atomic E-state index is -0.934. The predicted octanol–water partition coefficient (Wildman–Crippen LogP) is 2.75. The number of ether oxygens (including phenoxy) is 1. The number of aromatic carboxylic acids is 1. The second kappa shape index (κ2) is 6.05. The van der Waals surface area contributed by atoms with Gasteiger partial charge in [-0.1, -0.05) is 19.9 Å². The van der Waals surface area contributed by atoms with Crippen molar-refractivity contribution in [3.63, 3.8) is 0 Å². The SMILES string of the molecule is COCc1nnc(-c2cc(C(=O)O)c(C(C)C)cc2C)[nH]1. The van der Waals surface area contributed by atoms with E-state index in [-0.39, 0.29) is 5.92 Å². The van der Waals surface area contributed by atoms with E-state index in [1.807, 2.05) is 26.8 Å². The molecule has 0 saturated heterocycles. The first-order valence-electron chi connectivity index (χ1n) is 6.72. The Morgan fingerprint density at radius 3 is 2.67 bits per heavy atom. The van der Waals surface area contributed by atoms with Crippen molar-refractivity contribution in [1.29, 1.82) is 0 Å². The monoisotopic (exact) mass is 289 g/mol. The summed E-state index contributed by atoms with van der Waals surface area (Å²) in [5.74, 6) is 0.369. The quantitative estimate of drug-likeness (QED) is 0.883. The molecule has 2 rings (SSSR count). The molecular weight excluding hydrogens is 270 g/mol. The lowest BCUT2D eigenvalue weighted by atomic mass is 9.92. The number of nitrogens with zero attached hydrogens (tertiary/aromatic N) is 2. The van der Waals surface area contributed by atoms with E-state index in [1.54, 1.807) is 13.2 Å². The third-order valence-electron chi connectivity index (χ3n) is 3.32.